The van der Waals surface area contributed by atoms with E-state index in [2.05, 4.69) is 20.3 Å². The molecule has 0 amide bonds. The number of hydrogen-bond acceptors (Lipinski definition) is 6. The van der Waals surface area contributed by atoms with Crippen LogP contribution < -0.4 is 16.2 Å². The molecule has 1 atom stereocenters. The third kappa shape index (κ3) is 2.64. The highest BCUT2D eigenvalue weighted by Crippen LogP contribution is 2.39. The van der Waals surface area contributed by atoms with Gasteiger partial charge < -0.3 is 15.4 Å². The molecule has 1 unspecified atom stereocenters. The van der Waals surface area contributed by atoms with Crippen LogP contribution in [-0.4, -0.2) is 34.3 Å². The Balaban J connectivity index is 1.91. The molecule has 6 nitrogen and oxygen atoms in total. The molecule has 6 heteroatoms. The summed E-state index contributed by atoms with van der Waals surface area (Å²) in [6, 6.07) is 2.04. The average molecular weight is 263 g/mol. The summed E-state index contributed by atoms with van der Waals surface area (Å²) in [5.41, 5.74) is 2.62. The van der Waals surface area contributed by atoms with Crippen molar-refractivity contribution in [3.05, 3.63) is 11.9 Å². The van der Waals surface area contributed by atoms with Gasteiger partial charge in [-0.3, -0.25) is 0 Å². The minimum atomic E-state index is 0.168. The second-order valence-corrected chi connectivity index (χ2v) is 5.41. The maximum absolute atomic E-state index is 9.51. The van der Waals surface area contributed by atoms with Crippen LogP contribution in [0.25, 0.3) is 0 Å². The van der Waals surface area contributed by atoms with Crippen molar-refractivity contribution in [2.45, 2.75) is 44.1 Å². The first-order valence-electron chi connectivity index (χ1n) is 7.05. The first kappa shape index (κ1) is 12.6. The van der Waals surface area contributed by atoms with E-state index in [4.69, 9.17) is 5.84 Å². The lowest BCUT2D eigenvalue weighted by atomic mass is 10.0. The Kier molecular flexibility index (Phi) is 3.52. The molecule has 0 aromatic carbocycles. The maximum Gasteiger partial charge on any atom is 0.145 e. The van der Waals surface area contributed by atoms with Crippen molar-refractivity contribution >= 4 is 11.6 Å². The Morgan fingerprint density at radius 1 is 1.32 bits per heavy atom. The van der Waals surface area contributed by atoms with Crippen molar-refractivity contribution in [3.63, 3.8) is 0 Å². The van der Waals surface area contributed by atoms with Gasteiger partial charge in [-0.25, -0.2) is 15.8 Å². The quantitative estimate of drug-likeness (QED) is 0.554. The Morgan fingerprint density at radius 2 is 2.16 bits per heavy atom. The van der Waals surface area contributed by atoms with Crippen LogP contribution in [0.5, 0.6) is 0 Å². The summed E-state index contributed by atoms with van der Waals surface area (Å²) in [7, 11) is 0. The first-order chi connectivity index (χ1) is 9.31. The lowest BCUT2D eigenvalue weighted by Gasteiger charge is -2.35. The summed E-state index contributed by atoms with van der Waals surface area (Å²) in [6.07, 6.45) is 5.66. The number of nitrogens with two attached hydrogens (primary N) is 1. The number of piperidine rings is 1. The van der Waals surface area contributed by atoms with E-state index in [1.165, 1.54) is 6.42 Å². The van der Waals surface area contributed by atoms with E-state index in [0.717, 1.165) is 43.9 Å². The van der Waals surface area contributed by atoms with Crippen LogP contribution in [0.2, 0.25) is 0 Å². The molecule has 3 rings (SSSR count). The second kappa shape index (κ2) is 5.30. The molecule has 1 aromatic rings. The number of anilines is 2. The van der Waals surface area contributed by atoms with Gasteiger partial charge in [-0.15, -0.1) is 0 Å². The normalized spacial score (nSPS) is 23.5. The van der Waals surface area contributed by atoms with E-state index < -0.39 is 0 Å². The van der Waals surface area contributed by atoms with Crippen LogP contribution in [0.3, 0.4) is 0 Å². The van der Waals surface area contributed by atoms with Gasteiger partial charge in [0.1, 0.15) is 17.5 Å². The number of aliphatic hydroxyl groups excluding tert-OH is 1. The molecule has 19 heavy (non-hydrogen) atoms. The number of rotatable bonds is 4. The van der Waals surface area contributed by atoms with E-state index >= 15 is 0 Å². The molecule has 0 radical (unpaired) electrons. The van der Waals surface area contributed by atoms with Gasteiger partial charge in [0.25, 0.3) is 0 Å². The summed E-state index contributed by atoms with van der Waals surface area (Å²) in [5.74, 6) is 8.42. The number of aromatic nitrogens is 2. The zero-order valence-corrected chi connectivity index (χ0v) is 11.0. The zero-order valence-electron chi connectivity index (χ0n) is 11.0. The van der Waals surface area contributed by atoms with E-state index in [1.54, 1.807) is 0 Å². The second-order valence-electron chi connectivity index (χ2n) is 5.41. The topological polar surface area (TPSA) is 87.3 Å². The van der Waals surface area contributed by atoms with Crippen molar-refractivity contribution in [2.24, 2.45) is 5.84 Å². The van der Waals surface area contributed by atoms with E-state index in [9.17, 15) is 5.11 Å². The predicted molar refractivity (Wildman–Crippen MR) is 73.9 cm³/mol. The van der Waals surface area contributed by atoms with Gasteiger partial charge in [-0.1, -0.05) is 0 Å². The third-order valence-corrected chi connectivity index (χ3v) is 3.95. The highest BCUT2D eigenvalue weighted by atomic mass is 16.3. The Morgan fingerprint density at radius 3 is 2.84 bits per heavy atom. The van der Waals surface area contributed by atoms with Crippen LogP contribution in [0, 0.1) is 0 Å². The molecule has 0 bridgehead atoms. The van der Waals surface area contributed by atoms with Gasteiger partial charge in [0, 0.05) is 18.5 Å². The van der Waals surface area contributed by atoms with Crippen molar-refractivity contribution in [3.8, 4) is 0 Å². The molecule has 2 fully saturated rings. The van der Waals surface area contributed by atoms with E-state index in [0.29, 0.717) is 11.7 Å². The van der Waals surface area contributed by atoms with Gasteiger partial charge in [0.2, 0.25) is 0 Å². The summed E-state index contributed by atoms with van der Waals surface area (Å²) in [6.45, 7) is 1.12. The van der Waals surface area contributed by atoms with Crippen LogP contribution >= 0.6 is 0 Å². The number of aliphatic hydroxyl groups is 1. The van der Waals surface area contributed by atoms with Crippen molar-refractivity contribution in [1.29, 1.82) is 0 Å². The van der Waals surface area contributed by atoms with Gasteiger partial charge in [-0.05, 0) is 32.1 Å². The number of nitrogen functional groups attached to an aromatic ring is 1. The lowest BCUT2D eigenvalue weighted by molar-refractivity contribution is 0.239. The molecule has 1 aliphatic heterocycles. The van der Waals surface area contributed by atoms with Gasteiger partial charge in [-0.2, -0.15) is 0 Å². The molecule has 2 heterocycles. The molecule has 1 saturated carbocycles. The minimum absolute atomic E-state index is 0.168. The highest BCUT2D eigenvalue weighted by Gasteiger charge is 2.29. The van der Waals surface area contributed by atoms with Crippen molar-refractivity contribution in [1.82, 2.24) is 9.97 Å². The molecule has 1 saturated heterocycles. The predicted octanol–water partition coefficient (Wildman–Crippen LogP) is 0.991. The smallest absolute Gasteiger partial charge is 0.145 e. The Bertz CT molecular complexity index is 449. The SMILES string of the molecule is NNc1cc(N2CCCCC2CO)nc(C2CC2)n1. The van der Waals surface area contributed by atoms with Crippen LogP contribution in [0.1, 0.15) is 43.8 Å². The fourth-order valence-electron chi connectivity index (χ4n) is 2.69. The molecular weight excluding hydrogens is 242 g/mol. The minimum Gasteiger partial charge on any atom is -0.394 e. The number of nitrogens with one attached hydrogen (secondary N) is 1. The molecule has 2 aliphatic rings. The van der Waals surface area contributed by atoms with Crippen LogP contribution in [-0.2, 0) is 0 Å². The van der Waals surface area contributed by atoms with Gasteiger partial charge in [0.05, 0.1) is 12.6 Å². The molecule has 0 spiro atoms. The molecule has 1 aromatic heterocycles. The fourth-order valence-corrected chi connectivity index (χ4v) is 2.69. The summed E-state index contributed by atoms with van der Waals surface area (Å²) in [4.78, 5) is 11.3. The highest BCUT2D eigenvalue weighted by molar-refractivity contribution is 5.50. The Labute approximate surface area is 113 Å². The largest absolute Gasteiger partial charge is 0.394 e. The summed E-state index contributed by atoms with van der Waals surface area (Å²) < 4.78 is 0. The maximum atomic E-state index is 9.51. The van der Waals surface area contributed by atoms with Gasteiger partial charge >= 0.3 is 0 Å². The lowest BCUT2D eigenvalue weighted by Crippen LogP contribution is -2.42. The van der Waals surface area contributed by atoms with E-state index in [1.807, 2.05) is 6.07 Å². The first-order valence-corrected chi connectivity index (χ1v) is 7.05. The summed E-state index contributed by atoms with van der Waals surface area (Å²) in [5, 5.41) is 9.51. The number of hydrazine groups is 1. The Hall–Kier alpha value is -1.40. The summed E-state index contributed by atoms with van der Waals surface area (Å²) >= 11 is 0. The van der Waals surface area contributed by atoms with Crippen LogP contribution in [0.4, 0.5) is 11.6 Å². The number of nitrogens with zero attached hydrogens (tertiary/aromatic N) is 3. The molecule has 104 valence electrons. The third-order valence-electron chi connectivity index (χ3n) is 3.95. The molecule has 4 N–H and O–H groups in total. The van der Waals surface area contributed by atoms with Crippen molar-refractivity contribution < 1.29 is 5.11 Å². The fraction of sp³-hybridized carbons (Fsp3) is 0.692. The van der Waals surface area contributed by atoms with Crippen molar-refractivity contribution in [2.75, 3.05) is 23.5 Å². The zero-order chi connectivity index (χ0) is 13.2. The molecule has 1 aliphatic carbocycles. The molecular formula is C13H21N5O. The van der Waals surface area contributed by atoms with Gasteiger partial charge in [0.15, 0.2) is 0 Å². The van der Waals surface area contributed by atoms with E-state index in [-0.39, 0.29) is 12.6 Å². The average Bonchev–Trinajstić information content (AvgIpc) is 3.31. The standard InChI is InChI=1S/C13H21N5O/c14-17-11-7-12(16-13(15-11)9-4-5-9)18-6-2-1-3-10(18)8-19/h7,9-10,19H,1-6,8,14H2,(H,15,16,17). The monoisotopic (exact) mass is 263 g/mol. The van der Waals surface area contributed by atoms with Crippen LogP contribution in [0.15, 0.2) is 6.07 Å². The number of hydrogen-bond donors (Lipinski definition) is 3.